The van der Waals surface area contributed by atoms with Crippen molar-refractivity contribution in [2.45, 2.75) is 65.6 Å². The Hall–Kier alpha value is -0.800. The molecule has 0 saturated heterocycles. The number of halogens is 1. The van der Waals surface area contributed by atoms with Crippen molar-refractivity contribution in [3.05, 3.63) is 22.8 Å². The van der Waals surface area contributed by atoms with Crippen LogP contribution >= 0.6 is 11.6 Å². The Balaban J connectivity index is 2.82. The topological polar surface area (TPSA) is 34.1 Å². The van der Waals surface area contributed by atoms with Gasteiger partial charge in [-0.2, -0.15) is 0 Å². The first-order valence-corrected chi connectivity index (χ1v) is 7.10. The zero-order chi connectivity index (χ0) is 14.7. The third-order valence-corrected chi connectivity index (χ3v) is 3.26. The lowest BCUT2D eigenvalue weighted by atomic mass is 10.1. The van der Waals surface area contributed by atoms with Crippen molar-refractivity contribution in [2.24, 2.45) is 0 Å². The van der Waals surface area contributed by atoms with E-state index in [1.54, 1.807) is 0 Å². The van der Waals surface area contributed by atoms with E-state index in [1.807, 2.05) is 12.1 Å². The van der Waals surface area contributed by atoms with Gasteiger partial charge in [0.05, 0.1) is 10.7 Å². The Kier molecular flexibility index (Phi) is 5.22. The molecule has 1 aromatic rings. The van der Waals surface area contributed by atoms with Gasteiger partial charge < -0.3 is 10.1 Å². The zero-order valence-electron chi connectivity index (χ0n) is 12.8. The van der Waals surface area contributed by atoms with E-state index in [1.165, 1.54) is 0 Å². The van der Waals surface area contributed by atoms with Crippen LogP contribution in [0.1, 0.15) is 53.7 Å². The number of aromatic nitrogens is 1. The molecule has 0 fully saturated rings. The van der Waals surface area contributed by atoms with Crippen LogP contribution in [0.2, 0.25) is 5.02 Å². The van der Waals surface area contributed by atoms with Crippen LogP contribution in [0.15, 0.2) is 12.1 Å². The molecule has 0 aromatic carbocycles. The predicted molar refractivity (Wildman–Crippen MR) is 80.8 cm³/mol. The predicted octanol–water partition coefficient (Wildman–Crippen LogP) is 4.19. The number of nitrogens with zero attached hydrogens (tertiary/aromatic N) is 1. The molecule has 1 N–H and O–H groups in total. The van der Waals surface area contributed by atoms with Crippen LogP contribution in [0.25, 0.3) is 0 Å². The van der Waals surface area contributed by atoms with E-state index < -0.39 is 0 Å². The first-order valence-electron chi connectivity index (χ1n) is 6.72. The molecule has 19 heavy (non-hydrogen) atoms. The largest absolute Gasteiger partial charge is 0.472 e. The summed E-state index contributed by atoms with van der Waals surface area (Å²) >= 11 is 6.17. The minimum absolute atomic E-state index is 0.0323. The van der Waals surface area contributed by atoms with Crippen LogP contribution in [-0.4, -0.2) is 16.1 Å². The highest BCUT2D eigenvalue weighted by atomic mass is 35.5. The van der Waals surface area contributed by atoms with Crippen molar-refractivity contribution in [3.8, 4) is 5.88 Å². The van der Waals surface area contributed by atoms with Crippen molar-refractivity contribution < 1.29 is 4.74 Å². The summed E-state index contributed by atoms with van der Waals surface area (Å²) in [4.78, 5) is 4.49. The van der Waals surface area contributed by atoms with Gasteiger partial charge in [-0.15, -0.1) is 0 Å². The minimum atomic E-state index is -0.213. The standard InChI is InChI=1S/C15H25ClN2O/c1-7-15(5,6)19-13-9-8-11(16)12(18-13)10-17-14(2,3)4/h8-9,17H,7,10H2,1-6H3. The Morgan fingerprint density at radius 3 is 2.37 bits per heavy atom. The molecule has 4 heteroatoms. The SMILES string of the molecule is CCC(C)(C)Oc1ccc(Cl)c(CNC(C)(C)C)n1. The second-order valence-electron chi connectivity index (χ2n) is 6.40. The average molecular weight is 285 g/mol. The molecule has 1 rings (SSSR count). The van der Waals surface area contributed by atoms with Crippen molar-refractivity contribution in [2.75, 3.05) is 0 Å². The lowest BCUT2D eigenvalue weighted by molar-refractivity contribution is 0.0987. The van der Waals surface area contributed by atoms with Gasteiger partial charge in [0, 0.05) is 18.2 Å². The first-order chi connectivity index (χ1) is 8.63. The number of hydrogen-bond acceptors (Lipinski definition) is 3. The molecule has 0 unspecified atom stereocenters. The maximum atomic E-state index is 6.17. The van der Waals surface area contributed by atoms with Crippen molar-refractivity contribution in [3.63, 3.8) is 0 Å². The van der Waals surface area contributed by atoms with E-state index in [0.29, 0.717) is 17.4 Å². The number of pyridine rings is 1. The van der Waals surface area contributed by atoms with Gasteiger partial charge >= 0.3 is 0 Å². The normalized spacial score (nSPS) is 12.6. The molecular weight excluding hydrogens is 260 g/mol. The molecule has 1 aromatic heterocycles. The summed E-state index contributed by atoms with van der Waals surface area (Å²) < 4.78 is 5.88. The van der Waals surface area contributed by atoms with Gasteiger partial charge in [0.15, 0.2) is 0 Å². The lowest BCUT2D eigenvalue weighted by Gasteiger charge is -2.25. The Morgan fingerprint density at radius 1 is 1.21 bits per heavy atom. The maximum Gasteiger partial charge on any atom is 0.214 e. The fraction of sp³-hybridized carbons (Fsp3) is 0.667. The summed E-state index contributed by atoms with van der Waals surface area (Å²) in [6.07, 6.45) is 0.923. The van der Waals surface area contributed by atoms with E-state index in [2.05, 4.69) is 51.8 Å². The van der Waals surface area contributed by atoms with Gasteiger partial charge in [0.25, 0.3) is 0 Å². The third-order valence-electron chi connectivity index (χ3n) is 2.91. The van der Waals surface area contributed by atoms with Gasteiger partial charge in [0.1, 0.15) is 5.60 Å². The highest BCUT2D eigenvalue weighted by Gasteiger charge is 2.18. The van der Waals surface area contributed by atoms with Crippen LogP contribution in [0, 0.1) is 0 Å². The number of rotatable bonds is 5. The second kappa shape index (κ2) is 6.10. The highest BCUT2D eigenvalue weighted by Crippen LogP contribution is 2.23. The molecule has 0 atom stereocenters. The van der Waals surface area contributed by atoms with Crippen LogP contribution < -0.4 is 10.1 Å². The molecule has 1 heterocycles. The molecular formula is C15H25ClN2O. The molecule has 0 amide bonds. The fourth-order valence-corrected chi connectivity index (χ4v) is 1.52. The number of ether oxygens (including phenoxy) is 1. The number of hydrogen-bond donors (Lipinski definition) is 1. The molecule has 0 bridgehead atoms. The Bertz CT molecular complexity index is 425. The van der Waals surface area contributed by atoms with E-state index in [4.69, 9.17) is 16.3 Å². The van der Waals surface area contributed by atoms with Gasteiger partial charge in [-0.1, -0.05) is 18.5 Å². The fourth-order valence-electron chi connectivity index (χ4n) is 1.35. The van der Waals surface area contributed by atoms with E-state index >= 15 is 0 Å². The zero-order valence-corrected chi connectivity index (χ0v) is 13.6. The van der Waals surface area contributed by atoms with Crippen molar-refractivity contribution in [1.29, 1.82) is 0 Å². The summed E-state index contributed by atoms with van der Waals surface area (Å²) in [5.74, 6) is 0.627. The van der Waals surface area contributed by atoms with E-state index in [-0.39, 0.29) is 11.1 Å². The van der Waals surface area contributed by atoms with Gasteiger partial charge in [0.2, 0.25) is 5.88 Å². The third kappa shape index (κ3) is 5.79. The minimum Gasteiger partial charge on any atom is -0.472 e. The van der Waals surface area contributed by atoms with Gasteiger partial charge in [-0.3, -0.25) is 0 Å². The molecule has 108 valence electrons. The maximum absolute atomic E-state index is 6.17. The Morgan fingerprint density at radius 2 is 1.84 bits per heavy atom. The van der Waals surface area contributed by atoms with Crippen molar-refractivity contribution >= 4 is 11.6 Å². The summed E-state index contributed by atoms with van der Waals surface area (Å²) in [6.45, 7) is 13.2. The van der Waals surface area contributed by atoms with E-state index in [9.17, 15) is 0 Å². The monoisotopic (exact) mass is 284 g/mol. The molecule has 0 aliphatic heterocycles. The molecule has 0 saturated carbocycles. The highest BCUT2D eigenvalue weighted by molar-refractivity contribution is 6.31. The van der Waals surface area contributed by atoms with Crippen LogP contribution in [0.5, 0.6) is 5.88 Å². The molecule has 0 radical (unpaired) electrons. The first kappa shape index (κ1) is 16.3. The number of nitrogens with one attached hydrogen (secondary N) is 1. The molecule has 0 aliphatic rings. The van der Waals surface area contributed by atoms with Crippen LogP contribution in [0.4, 0.5) is 0 Å². The summed E-state index contributed by atoms with van der Waals surface area (Å²) in [5, 5.41) is 4.05. The molecule has 3 nitrogen and oxygen atoms in total. The van der Waals surface area contributed by atoms with Gasteiger partial charge in [-0.25, -0.2) is 4.98 Å². The van der Waals surface area contributed by atoms with Crippen molar-refractivity contribution in [1.82, 2.24) is 10.3 Å². The average Bonchev–Trinajstić information content (AvgIpc) is 2.28. The molecule has 0 spiro atoms. The second-order valence-corrected chi connectivity index (χ2v) is 6.80. The summed E-state index contributed by atoms with van der Waals surface area (Å²) in [6, 6.07) is 3.66. The quantitative estimate of drug-likeness (QED) is 0.880. The Labute approximate surface area is 121 Å². The summed E-state index contributed by atoms with van der Waals surface area (Å²) in [5.41, 5.74) is 0.640. The van der Waals surface area contributed by atoms with Crippen LogP contribution in [-0.2, 0) is 6.54 Å². The van der Waals surface area contributed by atoms with E-state index in [0.717, 1.165) is 12.1 Å². The molecule has 0 aliphatic carbocycles. The van der Waals surface area contributed by atoms with Gasteiger partial charge in [-0.05, 0) is 47.1 Å². The lowest BCUT2D eigenvalue weighted by Crippen LogP contribution is -2.35. The summed E-state index contributed by atoms with van der Waals surface area (Å²) in [7, 11) is 0. The van der Waals surface area contributed by atoms with Crippen LogP contribution in [0.3, 0.4) is 0 Å². The smallest absolute Gasteiger partial charge is 0.214 e.